The van der Waals surface area contributed by atoms with Crippen molar-refractivity contribution in [2.45, 2.75) is 27.2 Å². The first-order chi connectivity index (χ1) is 9.38. The fourth-order valence-electron chi connectivity index (χ4n) is 2.55. The Morgan fingerprint density at radius 2 is 1.70 bits per heavy atom. The van der Waals surface area contributed by atoms with Crippen LogP contribution in [0, 0.1) is 26.6 Å². The zero-order chi connectivity index (χ0) is 14.9. The van der Waals surface area contributed by atoms with Crippen LogP contribution in [0.1, 0.15) is 32.6 Å². The molecule has 3 heteroatoms. The summed E-state index contributed by atoms with van der Waals surface area (Å²) in [6.45, 7) is 5.81. The highest BCUT2D eigenvalue weighted by Crippen LogP contribution is 2.21. The largest absolute Gasteiger partial charge is 0.294 e. The molecule has 0 aliphatic heterocycles. The average Bonchev–Trinajstić information content (AvgIpc) is 2.31. The topological polar surface area (TPSA) is 17.1 Å². The Labute approximate surface area is 123 Å². The van der Waals surface area contributed by atoms with Crippen LogP contribution in [0.25, 0.3) is 0 Å². The van der Waals surface area contributed by atoms with E-state index in [0.717, 1.165) is 16.7 Å². The van der Waals surface area contributed by atoms with E-state index in [4.69, 9.17) is 11.6 Å². The molecule has 0 fully saturated rings. The number of rotatable bonds is 3. The first kappa shape index (κ1) is 14.7. The van der Waals surface area contributed by atoms with Gasteiger partial charge in [0.1, 0.15) is 5.82 Å². The van der Waals surface area contributed by atoms with Gasteiger partial charge in [-0.3, -0.25) is 4.79 Å². The van der Waals surface area contributed by atoms with Gasteiger partial charge in [-0.05, 0) is 49.6 Å². The predicted molar refractivity (Wildman–Crippen MR) is 80.1 cm³/mol. The molecule has 1 nitrogen and oxygen atoms in total. The lowest BCUT2D eigenvalue weighted by Crippen LogP contribution is -2.09. The van der Waals surface area contributed by atoms with Gasteiger partial charge in [-0.15, -0.1) is 0 Å². The molecule has 0 atom stereocenters. The monoisotopic (exact) mass is 290 g/mol. The van der Waals surface area contributed by atoms with E-state index in [-0.39, 0.29) is 12.2 Å². The first-order valence-corrected chi connectivity index (χ1v) is 6.81. The van der Waals surface area contributed by atoms with Gasteiger partial charge in [0.15, 0.2) is 5.78 Å². The Kier molecular flexibility index (Phi) is 4.24. The SMILES string of the molecule is Cc1cc(C)c(C(=O)Cc2ccc(Cl)cc2F)c(C)c1. The van der Waals surface area contributed by atoms with E-state index in [1.807, 2.05) is 32.9 Å². The van der Waals surface area contributed by atoms with Crippen LogP contribution in [0.15, 0.2) is 30.3 Å². The molecule has 0 spiro atoms. The summed E-state index contributed by atoms with van der Waals surface area (Å²) in [4.78, 5) is 12.4. The Morgan fingerprint density at radius 1 is 1.10 bits per heavy atom. The molecule has 0 aliphatic carbocycles. The van der Waals surface area contributed by atoms with E-state index in [1.165, 1.54) is 6.07 Å². The fourth-order valence-corrected chi connectivity index (χ4v) is 2.71. The van der Waals surface area contributed by atoms with Gasteiger partial charge in [-0.25, -0.2) is 4.39 Å². The Balaban J connectivity index is 2.33. The van der Waals surface area contributed by atoms with E-state index in [2.05, 4.69) is 0 Å². The van der Waals surface area contributed by atoms with Crippen LogP contribution in [0.4, 0.5) is 4.39 Å². The molecule has 2 rings (SSSR count). The molecule has 0 N–H and O–H groups in total. The van der Waals surface area contributed by atoms with E-state index in [0.29, 0.717) is 16.1 Å². The van der Waals surface area contributed by atoms with Crippen LogP contribution in [0.2, 0.25) is 5.02 Å². The molecule has 2 aromatic rings. The normalized spacial score (nSPS) is 10.7. The number of aryl methyl sites for hydroxylation is 3. The summed E-state index contributed by atoms with van der Waals surface area (Å²) in [6, 6.07) is 8.34. The van der Waals surface area contributed by atoms with Crippen LogP contribution in [-0.2, 0) is 6.42 Å². The number of carbonyl (C=O) groups is 1. The van der Waals surface area contributed by atoms with Gasteiger partial charge in [0.2, 0.25) is 0 Å². The number of ketones is 1. The van der Waals surface area contributed by atoms with Crippen molar-refractivity contribution in [1.82, 2.24) is 0 Å². The Bertz CT molecular complexity index is 654. The van der Waals surface area contributed by atoms with Gasteiger partial charge in [0, 0.05) is 17.0 Å². The highest BCUT2D eigenvalue weighted by atomic mass is 35.5. The summed E-state index contributed by atoms with van der Waals surface area (Å²) in [5.41, 5.74) is 4.04. The second-order valence-electron chi connectivity index (χ2n) is 5.11. The Hall–Kier alpha value is -1.67. The van der Waals surface area contributed by atoms with Crippen LogP contribution >= 0.6 is 11.6 Å². The van der Waals surface area contributed by atoms with Crippen molar-refractivity contribution in [3.8, 4) is 0 Å². The summed E-state index contributed by atoms with van der Waals surface area (Å²) in [7, 11) is 0. The van der Waals surface area contributed by atoms with Gasteiger partial charge in [0.05, 0.1) is 0 Å². The van der Waals surface area contributed by atoms with Crippen LogP contribution in [0.3, 0.4) is 0 Å². The van der Waals surface area contributed by atoms with Crippen molar-refractivity contribution in [2.24, 2.45) is 0 Å². The number of halogens is 2. The van der Waals surface area contributed by atoms with Crippen molar-refractivity contribution in [3.63, 3.8) is 0 Å². The lowest BCUT2D eigenvalue weighted by Gasteiger charge is -2.11. The zero-order valence-electron chi connectivity index (χ0n) is 11.8. The van der Waals surface area contributed by atoms with Crippen LogP contribution < -0.4 is 0 Å². The zero-order valence-corrected chi connectivity index (χ0v) is 12.5. The molecule has 2 aromatic carbocycles. The van der Waals surface area contributed by atoms with Gasteiger partial charge in [-0.2, -0.15) is 0 Å². The third kappa shape index (κ3) is 3.07. The molecule has 0 heterocycles. The molecule has 0 unspecified atom stereocenters. The molecule has 0 aromatic heterocycles. The van der Waals surface area contributed by atoms with E-state index >= 15 is 0 Å². The standard InChI is InChI=1S/C17H16ClFO/c1-10-6-11(2)17(12(3)7-10)16(20)8-13-4-5-14(18)9-15(13)19/h4-7,9H,8H2,1-3H3. The van der Waals surface area contributed by atoms with Gasteiger partial charge in [-0.1, -0.05) is 35.4 Å². The third-order valence-electron chi connectivity index (χ3n) is 3.32. The highest BCUT2D eigenvalue weighted by molar-refractivity contribution is 6.30. The number of benzene rings is 2. The molecule has 0 saturated heterocycles. The maximum Gasteiger partial charge on any atom is 0.167 e. The predicted octanol–water partition coefficient (Wildman–Crippen LogP) is 4.83. The minimum atomic E-state index is -0.437. The van der Waals surface area contributed by atoms with E-state index < -0.39 is 5.82 Å². The number of hydrogen-bond donors (Lipinski definition) is 0. The fraction of sp³-hybridized carbons (Fsp3) is 0.235. The maximum atomic E-state index is 13.8. The molecule has 0 aliphatic rings. The smallest absolute Gasteiger partial charge is 0.167 e. The average molecular weight is 291 g/mol. The number of Topliss-reactive ketones (excluding diaryl/α,β-unsaturated/α-hetero) is 1. The molecule has 0 radical (unpaired) electrons. The molecular weight excluding hydrogens is 275 g/mol. The van der Waals surface area contributed by atoms with Crippen molar-refractivity contribution >= 4 is 17.4 Å². The van der Waals surface area contributed by atoms with Gasteiger partial charge >= 0.3 is 0 Å². The number of hydrogen-bond acceptors (Lipinski definition) is 1. The highest BCUT2D eigenvalue weighted by Gasteiger charge is 2.15. The minimum absolute atomic E-state index is 0.0493. The quantitative estimate of drug-likeness (QED) is 0.740. The molecule has 104 valence electrons. The minimum Gasteiger partial charge on any atom is -0.294 e. The van der Waals surface area contributed by atoms with Crippen LogP contribution in [0.5, 0.6) is 0 Å². The maximum absolute atomic E-state index is 13.8. The molecule has 0 bridgehead atoms. The molecule has 20 heavy (non-hydrogen) atoms. The summed E-state index contributed by atoms with van der Waals surface area (Å²) in [5.74, 6) is -0.505. The van der Waals surface area contributed by atoms with Gasteiger partial charge in [0.25, 0.3) is 0 Å². The van der Waals surface area contributed by atoms with Crippen molar-refractivity contribution in [3.05, 3.63) is 69.0 Å². The lowest BCUT2D eigenvalue weighted by atomic mass is 9.93. The lowest BCUT2D eigenvalue weighted by molar-refractivity contribution is 0.0990. The molecule has 0 saturated carbocycles. The van der Waals surface area contributed by atoms with Gasteiger partial charge < -0.3 is 0 Å². The van der Waals surface area contributed by atoms with Crippen molar-refractivity contribution in [2.75, 3.05) is 0 Å². The van der Waals surface area contributed by atoms with Crippen LogP contribution in [-0.4, -0.2) is 5.78 Å². The van der Waals surface area contributed by atoms with Crippen molar-refractivity contribution in [1.29, 1.82) is 0 Å². The van der Waals surface area contributed by atoms with E-state index in [1.54, 1.807) is 12.1 Å². The van der Waals surface area contributed by atoms with E-state index in [9.17, 15) is 9.18 Å². The summed E-state index contributed by atoms with van der Waals surface area (Å²) in [6.07, 6.45) is 0.0493. The van der Waals surface area contributed by atoms with Crippen molar-refractivity contribution < 1.29 is 9.18 Å². The number of carbonyl (C=O) groups excluding carboxylic acids is 1. The third-order valence-corrected chi connectivity index (χ3v) is 3.56. The summed E-state index contributed by atoms with van der Waals surface area (Å²) in [5, 5.41) is 0.335. The molecular formula is C17H16ClFO. The molecule has 0 amide bonds. The summed E-state index contributed by atoms with van der Waals surface area (Å²) < 4.78 is 13.8. The second kappa shape index (κ2) is 5.76. The second-order valence-corrected chi connectivity index (χ2v) is 5.55. The first-order valence-electron chi connectivity index (χ1n) is 6.43. The summed E-state index contributed by atoms with van der Waals surface area (Å²) >= 11 is 5.71. The Morgan fingerprint density at radius 3 is 2.25 bits per heavy atom.